The highest BCUT2D eigenvalue weighted by atomic mass is 32.2. The van der Waals surface area contributed by atoms with E-state index in [1.165, 1.54) is 75.1 Å². The predicted molar refractivity (Wildman–Crippen MR) is 415 cm³/mol. The molecule has 45 nitrogen and oxygen atoms in total. The second-order valence-corrected chi connectivity index (χ2v) is 30.5. The molecule has 7 aliphatic heterocycles. The van der Waals surface area contributed by atoms with Crippen molar-refractivity contribution in [2.75, 3.05) is 59.6 Å². The monoisotopic (exact) mass is 1830 g/mol. The Bertz CT molecular complexity index is 4440. The lowest BCUT2D eigenvalue weighted by atomic mass is 9.49. The topological polar surface area (TPSA) is 585 Å². The molecule has 5 aliphatic carbocycles. The molecule has 8 heterocycles. The van der Waals surface area contributed by atoms with E-state index in [0.717, 1.165) is 62.0 Å². The number of rotatable bonds is 11. The molecule has 0 N–H and O–H groups in total. The van der Waals surface area contributed by atoms with Gasteiger partial charge in [0.05, 0.1) is 69.8 Å². The third kappa shape index (κ3) is 31.1. The number of hydrogen-bond donors (Lipinski definition) is 0. The Morgan fingerprint density at radius 2 is 0.906 bits per heavy atom. The van der Waals surface area contributed by atoms with Crippen molar-refractivity contribution in [1.82, 2.24) is 4.98 Å². The molecular formula is C80H93N2O43S2-. The third-order valence-electron chi connectivity index (χ3n) is 17.6. The fourth-order valence-corrected chi connectivity index (χ4v) is 13.8. The van der Waals surface area contributed by atoms with Gasteiger partial charge in [0.15, 0.2) is 0 Å². The number of para-hydroxylation sites is 2. The smallest absolute Gasteiger partial charge is 0.467 e. The van der Waals surface area contributed by atoms with Gasteiger partial charge < -0.3 is 57.2 Å². The quantitative estimate of drug-likeness (QED) is 0.0455. The first-order valence-corrected chi connectivity index (χ1v) is 40.7. The van der Waals surface area contributed by atoms with Gasteiger partial charge in [-0.3, -0.25) is 24.4 Å². The van der Waals surface area contributed by atoms with Crippen molar-refractivity contribution in [3.05, 3.63) is 83.9 Å². The van der Waals surface area contributed by atoms with E-state index in [9.17, 15) is 96.2 Å². The molecule has 0 amide bonds. The van der Waals surface area contributed by atoms with Crippen molar-refractivity contribution in [1.29, 1.82) is 0 Å². The number of aromatic nitrogens is 1. The molecular weight excluding hydrogens is 1740 g/mol. The molecule has 3 spiro atoms. The van der Waals surface area contributed by atoms with Gasteiger partial charge in [-0.15, -0.1) is 22.0 Å². The van der Waals surface area contributed by atoms with Gasteiger partial charge in [-0.1, -0.05) is 94.9 Å². The number of hydrogen-bond acceptors (Lipinski definition) is 47. The Morgan fingerprint density at radius 1 is 0.480 bits per heavy atom. The molecule has 2 atom stereocenters. The summed E-state index contributed by atoms with van der Waals surface area (Å²) in [7, 11) is 2.22. The van der Waals surface area contributed by atoms with Crippen LogP contribution in [0.5, 0.6) is 17.2 Å². The van der Waals surface area contributed by atoms with E-state index in [4.69, 9.17) is 24.1 Å². The fourth-order valence-electron chi connectivity index (χ4n) is 11.6. The number of benzene rings is 3. The summed E-state index contributed by atoms with van der Waals surface area (Å²) >= 11 is 2.77. The van der Waals surface area contributed by atoms with E-state index in [2.05, 4.69) is 96.6 Å². The average Bonchev–Trinajstić information content (AvgIpc) is 1.37. The largest absolute Gasteiger partial charge is 0.872 e. The van der Waals surface area contributed by atoms with Crippen LogP contribution < -0.4 is 14.6 Å². The first-order valence-electron chi connectivity index (χ1n) is 38.9. The first-order chi connectivity index (χ1) is 60.2. The number of thioether (sulfide) groups is 1. The van der Waals surface area contributed by atoms with E-state index >= 15 is 0 Å². The molecule has 2 unspecified atom stereocenters. The van der Waals surface area contributed by atoms with Gasteiger partial charge in [-0.05, 0) is 154 Å². The lowest BCUT2D eigenvalue weighted by Gasteiger charge is -2.60. The number of nitrogens with zero attached hydrogens (tertiary/aromatic N) is 2. The molecule has 3 aromatic carbocycles. The maximum atomic E-state index is 11.6. The number of methoxy groups -OCH3 is 2. The van der Waals surface area contributed by atoms with Crippen LogP contribution in [0.25, 0.3) is 10.2 Å². The van der Waals surface area contributed by atoms with Crippen LogP contribution in [-0.2, 0) is 192 Å². The van der Waals surface area contributed by atoms with Gasteiger partial charge in [0.25, 0.3) is 0 Å². The van der Waals surface area contributed by atoms with Crippen LogP contribution >= 0.6 is 23.1 Å². The highest BCUT2D eigenvalue weighted by Gasteiger charge is 2.69. The van der Waals surface area contributed by atoms with Crippen molar-refractivity contribution < 1.29 is 207 Å². The molecule has 1 aromatic heterocycles. The zero-order chi connectivity index (χ0) is 94.4. The molecule has 5 saturated carbocycles. The number of carbonyl (C=O) groups is 19. The lowest BCUT2D eigenvalue weighted by molar-refractivity contribution is -0.441. The van der Waals surface area contributed by atoms with Crippen LogP contribution in [-0.4, -0.2) is 212 Å². The zero-order valence-corrected chi connectivity index (χ0v) is 72.5. The standard InChI is InChI=1S/C14H10O4.C11H6N2O4S2.C11H14O3.C8H10O7.C8H14O4.C6H10O4.C6H8O3.C6H10O3.C4H6O4.C4H6O3.C2O4/c15-13(17-11-7-3-1-4-8-11)14(16)18-12-9-5-2-6-10-12;14-5-1-2-6-7(3-5)19-8(12-6)9-13-11(4-18-9)10(15)16-17-11;12-10-11(14-13-10)8-2-6-1-7(4-8)5-9(11)3-6;1-3-13-5(9)7(11)15-8(12)6(10)14-4-2;1-3-5-11-7(9)8(10)12-6-4-2;1-3-9-5(7)6(8)10-4-2;7-5-6(9-8-5)3-1-2-4-6;1-6(2,3)4-5(7)9-8-4;1-7-3(5)4(6)8-2;1-4(2)3(5)6-7-4;3-1-2(4)6-5-1/h1-10H;1-3,14H,4H2;6-9H,1-5H2;3-4H2,1-2H3;3-6H2,1-2H3;3-4H2,1-2H3;1-4H2;4H,1-3H3;1-2H3;1-2H3;/p-1. The van der Waals surface area contributed by atoms with E-state index in [-0.39, 0.29) is 80.8 Å². The van der Waals surface area contributed by atoms with Crippen LogP contribution in [0.3, 0.4) is 0 Å². The number of esters is 12. The summed E-state index contributed by atoms with van der Waals surface area (Å²) in [6.07, 6.45) is 11.1. The highest BCUT2D eigenvalue weighted by Crippen LogP contribution is 2.62. The first kappa shape index (κ1) is 105. The Labute approximate surface area is 730 Å². The highest BCUT2D eigenvalue weighted by molar-refractivity contribution is 8.15. The van der Waals surface area contributed by atoms with Gasteiger partial charge in [-0.25, -0.2) is 111 Å². The van der Waals surface area contributed by atoms with E-state index in [0.29, 0.717) is 52.0 Å². The SMILES string of the molecule is CC(C)(C)C1OOC1=O.CC1(C)OOC1=O.CCCOC(=O)C(=O)OCCC.CCOC(=O)C(=O)OC(=O)C(=O)OCC.CCOC(=O)C(=O)OCC.COC(=O)C(=O)OC.O=C(Oc1ccccc1)C(=O)Oc1ccccc1.O=C1OOC12C1CC3CC(C1)CC2C3.O=C1OOC12CCCC2.O=C1OOC12CSC(c1nc3ccc([O-])cc3s1)=N2.O=C1OOC1=O. The van der Waals surface area contributed by atoms with Crippen LogP contribution in [0.2, 0.25) is 0 Å². The summed E-state index contributed by atoms with van der Waals surface area (Å²) < 4.78 is 48.5. The van der Waals surface area contributed by atoms with Gasteiger partial charge in [0, 0.05) is 17.3 Å². The molecule has 4 aromatic rings. The molecule has 12 aliphatic rings. The normalized spacial score (nSPS) is 21.0. The van der Waals surface area contributed by atoms with E-state index in [1.807, 2.05) is 34.6 Å². The number of fused-ring (bicyclic) bond motifs is 1. The van der Waals surface area contributed by atoms with Crippen LogP contribution in [0.4, 0.5) is 0 Å². The second-order valence-electron chi connectivity index (χ2n) is 28.5. The minimum absolute atomic E-state index is 0.0401. The van der Waals surface area contributed by atoms with Crippen LogP contribution in [0.15, 0.2) is 83.9 Å². The summed E-state index contributed by atoms with van der Waals surface area (Å²) in [4.78, 5) is 262. The molecule has 694 valence electrons. The molecule has 127 heavy (non-hydrogen) atoms. The third-order valence-corrected chi connectivity index (χ3v) is 19.9. The predicted octanol–water partition coefficient (Wildman–Crippen LogP) is 5.37. The van der Waals surface area contributed by atoms with Crippen molar-refractivity contribution >= 4 is 152 Å². The molecule has 47 heteroatoms. The van der Waals surface area contributed by atoms with Gasteiger partial charge in [-0.2, -0.15) is 19.6 Å². The average molecular weight is 1830 g/mol. The molecule has 0 radical (unpaired) electrons. The van der Waals surface area contributed by atoms with Crippen molar-refractivity contribution in [2.24, 2.45) is 34.1 Å². The van der Waals surface area contributed by atoms with Crippen molar-refractivity contribution in [3.63, 3.8) is 0 Å². The Balaban J connectivity index is 0.000000252. The Hall–Kier alpha value is -12.7. The summed E-state index contributed by atoms with van der Waals surface area (Å²) in [5.74, 6) is -13.0. The van der Waals surface area contributed by atoms with E-state index < -0.39 is 112 Å². The Kier molecular flexibility index (Phi) is 41.6. The van der Waals surface area contributed by atoms with Gasteiger partial charge >= 0.3 is 119 Å². The summed E-state index contributed by atoms with van der Waals surface area (Å²) in [6.45, 7) is 19.8. The maximum absolute atomic E-state index is 11.6. The number of aliphatic imine (C=N–C) groups is 1. The zero-order valence-electron chi connectivity index (χ0n) is 70.9. The number of thiazole rings is 1. The summed E-state index contributed by atoms with van der Waals surface area (Å²) in [6, 6.07) is 21.4. The summed E-state index contributed by atoms with van der Waals surface area (Å²) in [5, 5.41) is 12.6. The van der Waals surface area contributed by atoms with Gasteiger partial charge in [0.1, 0.15) is 21.6 Å². The van der Waals surface area contributed by atoms with Crippen molar-refractivity contribution in [2.45, 2.75) is 175 Å². The van der Waals surface area contributed by atoms with Gasteiger partial charge in [0.2, 0.25) is 22.9 Å². The minimum Gasteiger partial charge on any atom is -0.872 e. The maximum Gasteiger partial charge on any atom is 0.467 e. The molecule has 4 bridgehead atoms. The van der Waals surface area contributed by atoms with Crippen LogP contribution in [0.1, 0.15) is 152 Å². The molecule has 11 fully saturated rings. The van der Waals surface area contributed by atoms with Crippen molar-refractivity contribution in [3.8, 4) is 17.2 Å². The van der Waals surface area contributed by atoms with Crippen LogP contribution in [0, 0.1) is 29.1 Å². The minimum atomic E-state index is -1.55. The fraction of sp³-hybridized carbons (Fsp3) is 0.512. The molecule has 6 saturated heterocycles. The number of ether oxygens (including phenoxy) is 11. The van der Waals surface area contributed by atoms with E-state index in [1.54, 1.807) is 100 Å². The molecule has 16 rings (SSSR count). The number of carbonyl (C=O) groups excluding carboxylic acids is 19. The lowest BCUT2D eigenvalue weighted by Crippen LogP contribution is -2.69. The summed E-state index contributed by atoms with van der Waals surface area (Å²) in [5.41, 5.74) is -2.20. The second kappa shape index (κ2) is 50.4. The Morgan fingerprint density at radius 3 is 1.18 bits per heavy atom.